The zero-order valence-electron chi connectivity index (χ0n) is 18.8. The Bertz CT molecular complexity index is 847. The topological polar surface area (TPSA) is 23.6 Å². The molecule has 30 heavy (non-hydrogen) atoms. The van der Waals surface area contributed by atoms with Gasteiger partial charge in [0.2, 0.25) is 5.91 Å². The average molecular weight is 405 g/mol. The number of benzene rings is 2. The molecule has 3 nitrogen and oxygen atoms in total. The van der Waals surface area contributed by atoms with E-state index >= 15 is 0 Å². The van der Waals surface area contributed by atoms with Crippen LogP contribution in [0.3, 0.4) is 0 Å². The van der Waals surface area contributed by atoms with Crippen LogP contribution in [0.15, 0.2) is 54.6 Å². The quantitative estimate of drug-likeness (QED) is 0.638. The highest BCUT2D eigenvalue weighted by Gasteiger charge is 2.33. The molecule has 0 bridgehead atoms. The van der Waals surface area contributed by atoms with E-state index in [1.54, 1.807) is 0 Å². The fourth-order valence-electron chi connectivity index (χ4n) is 5.30. The number of hydrogen-bond donors (Lipinski definition) is 0. The Morgan fingerprint density at radius 3 is 2.20 bits per heavy atom. The van der Waals surface area contributed by atoms with Crippen LogP contribution in [0.1, 0.15) is 63.5 Å². The lowest BCUT2D eigenvalue weighted by molar-refractivity contribution is -0.121. The lowest BCUT2D eigenvalue weighted by Gasteiger charge is -2.39. The highest BCUT2D eigenvalue weighted by molar-refractivity contribution is 5.96. The molecule has 1 saturated carbocycles. The van der Waals surface area contributed by atoms with Gasteiger partial charge in [-0.3, -0.25) is 9.69 Å². The van der Waals surface area contributed by atoms with Crippen LogP contribution < -0.4 is 4.90 Å². The van der Waals surface area contributed by atoms with Gasteiger partial charge < -0.3 is 4.90 Å². The molecule has 1 heterocycles. The van der Waals surface area contributed by atoms with Crippen molar-refractivity contribution in [3.63, 3.8) is 0 Å². The largest absolute Gasteiger partial charge is 0.310 e. The zero-order chi connectivity index (χ0) is 21.1. The van der Waals surface area contributed by atoms with Crippen molar-refractivity contribution in [1.29, 1.82) is 0 Å². The standard InChI is InChI=1S/C27H36N2O/c1-27(2,3)23-15-13-22(14-16-23)24-11-7-8-12-25(24)29-18-17-28(20-26(29)30)19-21-9-5-4-6-10-21/h4-12,22-23H,13-20H2,1-3H3. The molecule has 160 valence electrons. The van der Waals surface area contributed by atoms with Crippen LogP contribution in [-0.2, 0) is 11.3 Å². The number of amides is 1. The third-order valence-corrected chi connectivity index (χ3v) is 7.17. The first-order valence-corrected chi connectivity index (χ1v) is 11.6. The second kappa shape index (κ2) is 8.93. The lowest BCUT2D eigenvalue weighted by atomic mass is 9.68. The van der Waals surface area contributed by atoms with Gasteiger partial charge in [0.15, 0.2) is 0 Å². The molecule has 2 aromatic rings. The van der Waals surface area contributed by atoms with Crippen LogP contribution in [-0.4, -0.2) is 30.4 Å². The number of hydrogen-bond acceptors (Lipinski definition) is 2. The van der Waals surface area contributed by atoms with Crippen molar-refractivity contribution in [3.8, 4) is 0 Å². The van der Waals surface area contributed by atoms with Gasteiger partial charge in [0.25, 0.3) is 0 Å². The summed E-state index contributed by atoms with van der Waals surface area (Å²) in [5.41, 5.74) is 4.21. The van der Waals surface area contributed by atoms with E-state index in [2.05, 4.69) is 74.2 Å². The van der Waals surface area contributed by atoms with Crippen LogP contribution in [0.5, 0.6) is 0 Å². The Balaban J connectivity index is 1.44. The highest BCUT2D eigenvalue weighted by Crippen LogP contribution is 2.45. The predicted octanol–water partition coefficient (Wildman–Crippen LogP) is 5.86. The first kappa shape index (κ1) is 21.1. The highest BCUT2D eigenvalue weighted by atomic mass is 16.2. The Morgan fingerprint density at radius 2 is 1.53 bits per heavy atom. The Morgan fingerprint density at radius 1 is 0.867 bits per heavy atom. The SMILES string of the molecule is CC(C)(C)C1CCC(c2ccccc2N2CCN(Cc3ccccc3)CC2=O)CC1. The number of carbonyl (C=O) groups excluding carboxylic acids is 1. The van der Waals surface area contributed by atoms with Gasteiger partial charge in [0.1, 0.15) is 0 Å². The van der Waals surface area contributed by atoms with Crippen molar-refractivity contribution >= 4 is 11.6 Å². The third-order valence-electron chi connectivity index (χ3n) is 7.17. The van der Waals surface area contributed by atoms with E-state index in [0.29, 0.717) is 17.9 Å². The molecule has 2 aliphatic rings. The Hall–Kier alpha value is -2.13. The Labute approximate surface area is 182 Å². The number of anilines is 1. The number of carbonyl (C=O) groups is 1. The van der Waals surface area contributed by atoms with E-state index in [1.165, 1.54) is 36.8 Å². The second-order valence-electron chi connectivity index (χ2n) is 10.2. The summed E-state index contributed by atoms with van der Waals surface area (Å²) < 4.78 is 0. The average Bonchev–Trinajstić information content (AvgIpc) is 2.74. The molecule has 2 fully saturated rings. The third kappa shape index (κ3) is 4.78. The zero-order valence-corrected chi connectivity index (χ0v) is 18.8. The molecule has 0 aromatic heterocycles. The fourth-order valence-corrected chi connectivity index (χ4v) is 5.30. The van der Waals surface area contributed by atoms with Crippen LogP contribution in [0.4, 0.5) is 5.69 Å². The minimum atomic E-state index is 0.230. The maximum Gasteiger partial charge on any atom is 0.241 e. The van der Waals surface area contributed by atoms with E-state index in [0.717, 1.165) is 31.2 Å². The van der Waals surface area contributed by atoms with E-state index in [-0.39, 0.29) is 5.91 Å². The van der Waals surface area contributed by atoms with Crippen molar-refractivity contribution in [1.82, 2.24) is 4.90 Å². The minimum absolute atomic E-state index is 0.230. The molecule has 1 aliphatic carbocycles. The molecule has 4 rings (SSSR count). The van der Waals surface area contributed by atoms with E-state index in [4.69, 9.17) is 0 Å². The van der Waals surface area contributed by atoms with Crippen molar-refractivity contribution in [2.45, 2.75) is 58.9 Å². The molecule has 1 aliphatic heterocycles. The fraction of sp³-hybridized carbons (Fsp3) is 0.519. The van der Waals surface area contributed by atoms with Crippen molar-refractivity contribution < 1.29 is 4.79 Å². The van der Waals surface area contributed by atoms with Crippen molar-refractivity contribution in [2.24, 2.45) is 11.3 Å². The summed E-state index contributed by atoms with van der Waals surface area (Å²) in [5.74, 6) is 1.62. The maximum absolute atomic E-state index is 13.1. The molecular weight excluding hydrogens is 368 g/mol. The lowest BCUT2D eigenvalue weighted by Crippen LogP contribution is -2.50. The summed E-state index contributed by atoms with van der Waals surface area (Å²) in [7, 11) is 0. The molecular formula is C27H36N2O. The second-order valence-corrected chi connectivity index (χ2v) is 10.2. The molecule has 0 radical (unpaired) electrons. The number of piperazine rings is 1. The summed E-state index contributed by atoms with van der Waals surface area (Å²) in [5, 5.41) is 0. The maximum atomic E-state index is 13.1. The van der Waals surface area contributed by atoms with Crippen LogP contribution >= 0.6 is 0 Å². The van der Waals surface area contributed by atoms with Crippen molar-refractivity contribution in [3.05, 3.63) is 65.7 Å². The predicted molar refractivity (Wildman–Crippen MR) is 125 cm³/mol. The molecule has 2 aromatic carbocycles. The van der Waals surface area contributed by atoms with E-state index < -0.39 is 0 Å². The Kier molecular flexibility index (Phi) is 6.29. The molecule has 0 N–H and O–H groups in total. The van der Waals surface area contributed by atoms with E-state index in [1.807, 2.05) is 11.0 Å². The van der Waals surface area contributed by atoms with Gasteiger partial charge in [-0.15, -0.1) is 0 Å². The molecule has 1 amide bonds. The normalized spacial score (nSPS) is 23.6. The first-order chi connectivity index (χ1) is 14.4. The molecule has 0 spiro atoms. The smallest absolute Gasteiger partial charge is 0.241 e. The van der Waals surface area contributed by atoms with Gasteiger partial charge in [0.05, 0.1) is 6.54 Å². The van der Waals surface area contributed by atoms with Gasteiger partial charge in [-0.2, -0.15) is 0 Å². The first-order valence-electron chi connectivity index (χ1n) is 11.6. The van der Waals surface area contributed by atoms with Crippen LogP contribution in [0.25, 0.3) is 0 Å². The van der Waals surface area contributed by atoms with Gasteiger partial charge in [-0.05, 0) is 60.1 Å². The molecule has 0 unspecified atom stereocenters. The van der Waals surface area contributed by atoms with Crippen LogP contribution in [0, 0.1) is 11.3 Å². The number of nitrogens with zero attached hydrogens (tertiary/aromatic N) is 2. The summed E-state index contributed by atoms with van der Waals surface area (Å²) >= 11 is 0. The van der Waals surface area contributed by atoms with Crippen molar-refractivity contribution in [2.75, 3.05) is 24.5 Å². The summed E-state index contributed by atoms with van der Waals surface area (Å²) in [6.45, 7) is 10.2. The summed E-state index contributed by atoms with van der Waals surface area (Å²) in [4.78, 5) is 17.4. The van der Waals surface area contributed by atoms with E-state index in [9.17, 15) is 4.79 Å². The molecule has 0 atom stereocenters. The van der Waals surface area contributed by atoms with Gasteiger partial charge in [-0.25, -0.2) is 0 Å². The van der Waals surface area contributed by atoms with Gasteiger partial charge in [0, 0.05) is 25.3 Å². The monoisotopic (exact) mass is 404 g/mol. The number of para-hydroxylation sites is 1. The molecule has 1 saturated heterocycles. The van der Waals surface area contributed by atoms with Gasteiger partial charge >= 0.3 is 0 Å². The molecule has 3 heteroatoms. The van der Waals surface area contributed by atoms with Crippen LogP contribution in [0.2, 0.25) is 0 Å². The summed E-state index contributed by atoms with van der Waals surface area (Å²) in [6.07, 6.45) is 5.06. The number of rotatable bonds is 4. The van der Waals surface area contributed by atoms with Gasteiger partial charge in [-0.1, -0.05) is 69.3 Å². The minimum Gasteiger partial charge on any atom is -0.310 e. The summed E-state index contributed by atoms with van der Waals surface area (Å²) in [6, 6.07) is 19.1.